The van der Waals surface area contributed by atoms with Gasteiger partial charge in [0.1, 0.15) is 5.82 Å². The molecule has 1 unspecified atom stereocenters. The van der Waals surface area contributed by atoms with Crippen LogP contribution in [0.2, 0.25) is 5.02 Å². The first-order chi connectivity index (χ1) is 12.8. The summed E-state index contributed by atoms with van der Waals surface area (Å²) in [5.74, 6) is -0.869. The predicted octanol–water partition coefficient (Wildman–Crippen LogP) is 4.94. The highest BCUT2D eigenvalue weighted by Crippen LogP contribution is 2.36. The molecule has 1 N–H and O–H groups in total. The fraction of sp³-hybridized carbons (Fsp3) is 0.250. The van der Waals surface area contributed by atoms with Crippen molar-refractivity contribution in [3.63, 3.8) is 0 Å². The van der Waals surface area contributed by atoms with E-state index in [0.29, 0.717) is 34.3 Å². The van der Waals surface area contributed by atoms with Gasteiger partial charge in [-0.1, -0.05) is 23.7 Å². The second-order valence-corrected chi connectivity index (χ2v) is 9.18. The Kier molecular flexibility index (Phi) is 5.54. The Morgan fingerprint density at radius 2 is 1.96 bits per heavy atom. The number of halogens is 2. The Morgan fingerprint density at radius 1 is 1.26 bits per heavy atom. The molecule has 3 aromatic rings. The molecule has 0 fully saturated rings. The Balaban J connectivity index is 2.15. The standard InChI is InChI=1S/C20H18ClFN2O2S/c1-27(25,26)12-14-9-16(22)10-18-19(11-24-20(14)18)17(3-2-8-23)13-4-6-15(21)7-5-13/h4-7,9-11,17,24H,2-3,12H2,1H3. The molecule has 0 aliphatic rings. The van der Waals surface area contributed by atoms with Crippen LogP contribution < -0.4 is 0 Å². The molecule has 0 aliphatic carbocycles. The molecule has 27 heavy (non-hydrogen) atoms. The van der Waals surface area contributed by atoms with Gasteiger partial charge in [-0.25, -0.2) is 12.8 Å². The smallest absolute Gasteiger partial charge is 0.151 e. The highest BCUT2D eigenvalue weighted by Gasteiger charge is 2.21. The Bertz CT molecular complexity index is 1120. The predicted molar refractivity (Wildman–Crippen MR) is 105 cm³/mol. The van der Waals surface area contributed by atoms with E-state index in [0.717, 1.165) is 17.4 Å². The summed E-state index contributed by atoms with van der Waals surface area (Å²) in [6.45, 7) is 0. The van der Waals surface area contributed by atoms with E-state index in [4.69, 9.17) is 16.9 Å². The first-order valence-electron chi connectivity index (χ1n) is 8.38. The van der Waals surface area contributed by atoms with Gasteiger partial charge in [0.15, 0.2) is 9.84 Å². The zero-order chi connectivity index (χ0) is 19.6. The van der Waals surface area contributed by atoms with Crippen LogP contribution in [0.3, 0.4) is 0 Å². The van der Waals surface area contributed by atoms with Gasteiger partial charge in [0, 0.05) is 35.2 Å². The maximum absolute atomic E-state index is 14.2. The number of fused-ring (bicyclic) bond motifs is 1. The fourth-order valence-electron chi connectivity index (χ4n) is 3.38. The third kappa shape index (κ3) is 4.49. The van der Waals surface area contributed by atoms with Crippen molar-refractivity contribution in [1.82, 2.24) is 4.98 Å². The molecule has 0 saturated heterocycles. The normalized spacial score (nSPS) is 12.8. The topological polar surface area (TPSA) is 73.7 Å². The van der Waals surface area contributed by atoms with E-state index in [1.54, 1.807) is 18.3 Å². The van der Waals surface area contributed by atoms with Crippen molar-refractivity contribution in [3.8, 4) is 6.07 Å². The zero-order valence-corrected chi connectivity index (χ0v) is 16.2. The number of sulfone groups is 1. The molecule has 1 aromatic heterocycles. The van der Waals surface area contributed by atoms with E-state index in [2.05, 4.69) is 11.1 Å². The Labute approximate surface area is 162 Å². The quantitative estimate of drug-likeness (QED) is 0.632. The molecule has 0 radical (unpaired) electrons. The second kappa shape index (κ2) is 7.71. The number of aromatic amines is 1. The number of nitrogens with one attached hydrogen (secondary N) is 1. The van der Waals surface area contributed by atoms with Crippen molar-refractivity contribution in [1.29, 1.82) is 5.26 Å². The van der Waals surface area contributed by atoms with Gasteiger partial charge in [0.25, 0.3) is 0 Å². The number of hydrogen-bond acceptors (Lipinski definition) is 3. The van der Waals surface area contributed by atoms with E-state index in [9.17, 15) is 12.8 Å². The number of aromatic nitrogens is 1. The summed E-state index contributed by atoms with van der Waals surface area (Å²) < 4.78 is 37.6. The van der Waals surface area contributed by atoms with Crippen LogP contribution in [0, 0.1) is 17.1 Å². The molecule has 3 rings (SSSR count). The fourth-order valence-corrected chi connectivity index (χ4v) is 4.30. The first-order valence-corrected chi connectivity index (χ1v) is 10.8. The number of nitriles is 1. The van der Waals surface area contributed by atoms with Crippen LogP contribution >= 0.6 is 11.6 Å². The van der Waals surface area contributed by atoms with Gasteiger partial charge in [0.2, 0.25) is 0 Å². The highest BCUT2D eigenvalue weighted by molar-refractivity contribution is 7.89. The lowest BCUT2D eigenvalue weighted by Gasteiger charge is -2.16. The van der Waals surface area contributed by atoms with Gasteiger partial charge in [-0.3, -0.25) is 0 Å². The number of hydrogen-bond donors (Lipinski definition) is 1. The summed E-state index contributed by atoms with van der Waals surface area (Å²) in [5, 5.41) is 10.3. The van der Waals surface area contributed by atoms with Crippen LogP contribution in [0.15, 0.2) is 42.6 Å². The second-order valence-electron chi connectivity index (χ2n) is 6.60. The molecule has 1 heterocycles. The maximum Gasteiger partial charge on any atom is 0.151 e. The van der Waals surface area contributed by atoms with Crippen molar-refractivity contribution in [3.05, 3.63) is 70.1 Å². The van der Waals surface area contributed by atoms with E-state index in [-0.39, 0.29) is 11.7 Å². The largest absolute Gasteiger partial charge is 0.361 e. The van der Waals surface area contributed by atoms with Gasteiger partial charge in [-0.15, -0.1) is 0 Å². The minimum atomic E-state index is -3.31. The van der Waals surface area contributed by atoms with Gasteiger partial charge in [0.05, 0.1) is 17.3 Å². The third-order valence-corrected chi connectivity index (χ3v) is 5.57. The number of rotatable bonds is 6. The summed E-state index contributed by atoms with van der Waals surface area (Å²) in [5.41, 5.74) is 2.79. The van der Waals surface area contributed by atoms with E-state index in [1.165, 1.54) is 12.1 Å². The summed E-state index contributed by atoms with van der Waals surface area (Å²) >= 11 is 5.98. The van der Waals surface area contributed by atoms with Crippen molar-refractivity contribution >= 4 is 32.3 Å². The molecule has 0 bridgehead atoms. The summed E-state index contributed by atoms with van der Waals surface area (Å²) in [4.78, 5) is 3.10. The summed E-state index contributed by atoms with van der Waals surface area (Å²) in [6.07, 6.45) is 3.79. The third-order valence-electron chi connectivity index (χ3n) is 4.48. The highest BCUT2D eigenvalue weighted by atomic mass is 35.5. The molecule has 0 saturated carbocycles. The van der Waals surface area contributed by atoms with Crippen molar-refractivity contribution in [2.75, 3.05) is 6.26 Å². The van der Waals surface area contributed by atoms with Crippen LogP contribution in [0.25, 0.3) is 10.9 Å². The average Bonchev–Trinajstić information content (AvgIpc) is 2.99. The molecule has 0 aliphatic heterocycles. The molecule has 2 aromatic carbocycles. The molecule has 4 nitrogen and oxygen atoms in total. The minimum absolute atomic E-state index is 0.136. The van der Waals surface area contributed by atoms with Gasteiger partial charge in [-0.05, 0) is 47.4 Å². The molecular weight excluding hydrogens is 387 g/mol. The van der Waals surface area contributed by atoms with Gasteiger partial charge < -0.3 is 4.98 Å². The summed E-state index contributed by atoms with van der Waals surface area (Å²) in [6, 6.07) is 12.1. The maximum atomic E-state index is 14.2. The zero-order valence-electron chi connectivity index (χ0n) is 14.7. The number of nitrogens with zero attached hydrogens (tertiary/aromatic N) is 1. The van der Waals surface area contributed by atoms with Crippen molar-refractivity contribution < 1.29 is 12.8 Å². The number of benzene rings is 2. The molecule has 7 heteroatoms. The Morgan fingerprint density at radius 3 is 2.59 bits per heavy atom. The van der Waals surface area contributed by atoms with Crippen molar-refractivity contribution in [2.24, 2.45) is 0 Å². The molecular formula is C20H18ClFN2O2S. The Hall–Kier alpha value is -2.36. The van der Waals surface area contributed by atoms with Gasteiger partial charge >= 0.3 is 0 Å². The average molecular weight is 405 g/mol. The molecule has 1 atom stereocenters. The van der Waals surface area contributed by atoms with Crippen molar-refractivity contribution in [2.45, 2.75) is 24.5 Å². The molecule has 140 valence electrons. The van der Waals surface area contributed by atoms with Crippen LogP contribution in [0.4, 0.5) is 4.39 Å². The number of H-pyrrole nitrogens is 1. The van der Waals surface area contributed by atoms with Crippen LogP contribution in [0.5, 0.6) is 0 Å². The van der Waals surface area contributed by atoms with Crippen LogP contribution in [-0.2, 0) is 15.6 Å². The lowest BCUT2D eigenvalue weighted by atomic mass is 9.87. The van der Waals surface area contributed by atoms with Crippen LogP contribution in [-0.4, -0.2) is 19.7 Å². The minimum Gasteiger partial charge on any atom is -0.361 e. The molecule has 0 spiro atoms. The van der Waals surface area contributed by atoms with Crippen LogP contribution in [0.1, 0.15) is 35.4 Å². The van der Waals surface area contributed by atoms with E-state index < -0.39 is 15.7 Å². The lowest BCUT2D eigenvalue weighted by molar-refractivity contribution is 0.600. The van der Waals surface area contributed by atoms with E-state index >= 15 is 0 Å². The lowest BCUT2D eigenvalue weighted by Crippen LogP contribution is -2.03. The molecule has 0 amide bonds. The van der Waals surface area contributed by atoms with E-state index in [1.807, 2.05) is 12.1 Å². The monoisotopic (exact) mass is 404 g/mol. The first kappa shape index (κ1) is 19.4. The van der Waals surface area contributed by atoms with Gasteiger partial charge in [-0.2, -0.15) is 5.26 Å². The SMILES string of the molecule is CS(=O)(=O)Cc1cc(F)cc2c(C(CCC#N)c3ccc(Cl)cc3)c[nH]c12. The summed E-state index contributed by atoms with van der Waals surface area (Å²) in [7, 11) is -3.31.